The van der Waals surface area contributed by atoms with Gasteiger partial charge in [0.2, 0.25) is 10.0 Å². The highest BCUT2D eigenvalue weighted by Crippen LogP contribution is 2.11. The molecule has 33 heavy (non-hydrogen) atoms. The summed E-state index contributed by atoms with van der Waals surface area (Å²) < 4.78 is 22.7. The van der Waals surface area contributed by atoms with Crippen LogP contribution in [0, 0.1) is 0 Å². The molecule has 3 rings (SSSR count). The van der Waals surface area contributed by atoms with Gasteiger partial charge in [-0.1, -0.05) is 35.9 Å². The summed E-state index contributed by atoms with van der Waals surface area (Å²) in [6.45, 7) is 0.161. The lowest BCUT2D eigenvalue weighted by molar-refractivity contribution is -0.142. The van der Waals surface area contributed by atoms with E-state index >= 15 is 0 Å². The zero-order valence-corrected chi connectivity index (χ0v) is 18.3. The number of sulfonamides is 1. The van der Waals surface area contributed by atoms with Gasteiger partial charge in [-0.25, -0.2) is 23.3 Å². The minimum atomic E-state index is -3.79. The fraction of sp³-hybridized carbons (Fsp3) is 0.143. The third-order valence-corrected chi connectivity index (χ3v) is 5.47. The average molecular weight is 471 g/mol. The number of amides is 2. The van der Waals surface area contributed by atoms with Gasteiger partial charge < -0.3 is 10.2 Å². The van der Waals surface area contributed by atoms with Gasteiger partial charge in [-0.15, -0.1) is 0 Å². The molecule has 0 radical (unpaired) electrons. The maximum Gasteiger partial charge on any atom is 0.376 e. The minimum absolute atomic E-state index is 0.0108. The number of nitrogens with zero attached hydrogens (tertiary/aromatic N) is 2. The number of rotatable bonds is 7. The van der Waals surface area contributed by atoms with Crippen molar-refractivity contribution >= 4 is 33.5 Å². The van der Waals surface area contributed by atoms with Gasteiger partial charge in [0.25, 0.3) is 11.8 Å². The third kappa shape index (κ3) is 6.32. The Morgan fingerprint density at radius 1 is 1.15 bits per heavy atom. The Balaban J connectivity index is 1.75. The highest BCUT2D eigenvalue weighted by Gasteiger charge is 2.26. The summed E-state index contributed by atoms with van der Waals surface area (Å²) in [7, 11) is -2.29. The van der Waals surface area contributed by atoms with E-state index in [4.69, 9.17) is 5.14 Å². The van der Waals surface area contributed by atoms with Gasteiger partial charge >= 0.3 is 5.97 Å². The lowest BCUT2D eigenvalue weighted by Crippen LogP contribution is -2.33. The van der Waals surface area contributed by atoms with Crippen LogP contribution in [0.5, 0.6) is 0 Å². The van der Waals surface area contributed by atoms with Crippen molar-refractivity contribution in [3.63, 3.8) is 0 Å². The predicted octanol–water partition coefficient (Wildman–Crippen LogP) is 0.0662. The first kappa shape index (κ1) is 23.8. The SMILES string of the molecule is CN1NOC(=O)/C1=C/C(=NC(=O)c1ccccc1)C(=O)NCCc1ccc(S(N)(=O)=O)cc1. The molecule has 2 amide bonds. The van der Waals surface area contributed by atoms with Crippen LogP contribution in [0.4, 0.5) is 0 Å². The summed E-state index contributed by atoms with van der Waals surface area (Å²) in [6.07, 6.45) is 1.52. The van der Waals surface area contributed by atoms with Crippen molar-refractivity contribution in [2.75, 3.05) is 13.6 Å². The zero-order chi connectivity index (χ0) is 24.0. The van der Waals surface area contributed by atoms with E-state index < -0.39 is 27.8 Å². The molecule has 1 aliphatic heterocycles. The Morgan fingerprint density at radius 2 is 1.82 bits per heavy atom. The van der Waals surface area contributed by atoms with E-state index in [0.717, 1.165) is 11.6 Å². The number of nitrogens with two attached hydrogens (primary N) is 1. The van der Waals surface area contributed by atoms with E-state index in [1.807, 2.05) is 0 Å². The average Bonchev–Trinajstić information content (AvgIpc) is 3.10. The molecule has 0 atom stereocenters. The molecule has 1 fully saturated rings. The molecule has 0 aromatic heterocycles. The van der Waals surface area contributed by atoms with E-state index in [2.05, 4.69) is 20.7 Å². The number of benzene rings is 2. The monoisotopic (exact) mass is 471 g/mol. The van der Waals surface area contributed by atoms with Gasteiger partial charge in [0.05, 0.1) is 4.90 Å². The van der Waals surface area contributed by atoms with Crippen LogP contribution in [0.2, 0.25) is 0 Å². The fourth-order valence-corrected chi connectivity index (χ4v) is 3.31. The number of aliphatic imine (C=N–C) groups is 1. The molecular weight excluding hydrogens is 450 g/mol. The molecule has 2 aromatic rings. The highest BCUT2D eigenvalue weighted by molar-refractivity contribution is 7.89. The summed E-state index contributed by atoms with van der Waals surface area (Å²) in [6, 6.07) is 14.1. The summed E-state index contributed by atoms with van der Waals surface area (Å²) >= 11 is 0. The Labute approximate surface area is 189 Å². The Morgan fingerprint density at radius 3 is 2.39 bits per heavy atom. The summed E-state index contributed by atoms with van der Waals surface area (Å²) in [5.74, 6) is -2.07. The molecule has 0 aliphatic carbocycles. The molecule has 1 heterocycles. The second kappa shape index (κ2) is 10.2. The maximum absolute atomic E-state index is 12.8. The molecule has 4 N–H and O–H groups in total. The fourth-order valence-electron chi connectivity index (χ4n) is 2.79. The largest absolute Gasteiger partial charge is 0.376 e. The number of hydrazine groups is 1. The molecule has 1 aliphatic rings. The number of hydrogen-bond acceptors (Lipinski definition) is 8. The molecule has 11 nitrogen and oxygen atoms in total. The first-order chi connectivity index (χ1) is 15.6. The molecule has 12 heteroatoms. The minimum Gasteiger partial charge on any atom is -0.350 e. The maximum atomic E-state index is 12.8. The second-order valence-corrected chi connectivity index (χ2v) is 8.49. The first-order valence-electron chi connectivity index (χ1n) is 9.65. The van der Waals surface area contributed by atoms with Crippen LogP contribution in [0.1, 0.15) is 15.9 Å². The van der Waals surface area contributed by atoms with Gasteiger partial charge in [0.15, 0.2) is 0 Å². The van der Waals surface area contributed by atoms with Crippen LogP contribution in [0.25, 0.3) is 0 Å². The molecule has 0 spiro atoms. The first-order valence-corrected chi connectivity index (χ1v) is 11.2. The quantitative estimate of drug-likeness (QED) is 0.378. The zero-order valence-electron chi connectivity index (χ0n) is 17.5. The summed E-state index contributed by atoms with van der Waals surface area (Å²) in [5, 5.41) is 8.95. The van der Waals surface area contributed by atoms with Crippen LogP contribution in [0.3, 0.4) is 0 Å². The molecule has 0 bridgehead atoms. The molecular formula is C21H21N5O6S. The van der Waals surface area contributed by atoms with E-state index in [1.54, 1.807) is 42.5 Å². The van der Waals surface area contributed by atoms with Crippen LogP contribution in [-0.2, 0) is 30.9 Å². The number of carbonyl (C=O) groups is 3. The van der Waals surface area contributed by atoms with E-state index in [-0.39, 0.29) is 28.4 Å². The molecule has 172 valence electrons. The van der Waals surface area contributed by atoms with Crippen molar-refractivity contribution in [3.8, 4) is 0 Å². The summed E-state index contributed by atoms with van der Waals surface area (Å²) in [5.41, 5.74) is 3.06. The van der Waals surface area contributed by atoms with Crippen LogP contribution < -0.4 is 16.0 Å². The third-order valence-electron chi connectivity index (χ3n) is 4.55. The summed E-state index contributed by atoms with van der Waals surface area (Å²) in [4.78, 5) is 45.7. The Bertz CT molecular complexity index is 1220. The molecule has 0 unspecified atom stereocenters. The molecule has 1 saturated heterocycles. The lowest BCUT2D eigenvalue weighted by atomic mass is 10.1. The van der Waals surface area contributed by atoms with Crippen LogP contribution >= 0.6 is 0 Å². The Hall–Kier alpha value is -3.87. The van der Waals surface area contributed by atoms with Crippen molar-refractivity contribution in [2.24, 2.45) is 10.1 Å². The van der Waals surface area contributed by atoms with Crippen LogP contribution in [0.15, 0.2) is 76.3 Å². The van der Waals surface area contributed by atoms with Crippen molar-refractivity contribution < 1.29 is 27.6 Å². The van der Waals surface area contributed by atoms with Crippen molar-refractivity contribution in [3.05, 3.63) is 77.5 Å². The highest BCUT2D eigenvalue weighted by atomic mass is 32.2. The topological polar surface area (TPSA) is 160 Å². The second-order valence-electron chi connectivity index (χ2n) is 6.93. The van der Waals surface area contributed by atoms with Gasteiger partial charge in [-0.3, -0.25) is 14.6 Å². The van der Waals surface area contributed by atoms with Gasteiger partial charge in [-0.05, 0) is 36.2 Å². The standard InChI is InChI=1S/C21H21N5O6S/c1-26-18(21(29)32-25-26)13-17(24-19(27)15-5-3-2-4-6-15)20(28)23-12-11-14-7-9-16(10-8-14)33(22,30)31/h2-10,13,25H,11-12H2,1H3,(H,23,28)(H2,22,30,31)/b18-13-,24-17?. The number of hydrogen-bond donors (Lipinski definition) is 3. The normalized spacial score (nSPS) is 15.5. The van der Waals surface area contributed by atoms with Gasteiger partial charge in [0.1, 0.15) is 11.4 Å². The number of carbonyl (C=O) groups excluding carboxylic acids is 3. The molecule has 2 aromatic carbocycles. The van der Waals surface area contributed by atoms with E-state index in [1.165, 1.54) is 24.2 Å². The van der Waals surface area contributed by atoms with Crippen LogP contribution in [-0.4, -0.2) is 50.5 Å². The van der Waals surface area contributed by atoms with Crippen molar-refractivity contribution in [2.45, 2.75) is 11.3 Å². The number of primary sulfonamides is 1. The molecule has 0 saturated carbocycles. The predicted molar refractivity (Wildman–Crippen MR) is 118 cm³/mol. The Kier molecular flexibility index (Phi) is 7.33. The van der Waals surface area contributed by atoms with Gasteiger partial charge in [-0.2, -0.15) is 0 Å². The lowest BCUT2D eigenvalue weighted by Gasteiger charge is -2.09. The number of nitrogens with one attached hydrogen (secondary N) is 2. The number of likely N-dealkylation sites (N-methyl/N-ethyl adjacent to an activating group) is 1. The van der Waals surface area contributed by atoms with Crippen molar-refractivity contribution in [1.29, 1.82) is 0 Å². The van der Waals surface area contributed by atoms with E-state index in [9.17, 15) is 22.8 Å². The van der Waals surface area contributed by atoms with Gasteiger partial charge in [0, 0.05) is 25.2 Å². The van der Waals surface area contributed by atoms with Crippen molar-refractivity contribution in [1.82, 2.24) is 15.9 Å². The van der Waals surface area contributed by atoms with E-state index in [0.29, 0.717) is 6.42 Å². The smallest absolute Gasteiger partial charge is 0.350 e.